The van der Waals surface area contributed by atoms with E-state index in [1.807, 2.05) is 30.3 Å². The lowest BCUT2D eigenvalue weighted by Crippen LogP contribution is -2.26. The maximum Gasteiger partial charge on any atom is 0.404 e. The van der Waals surface area contributed by atoms with Crippen LogP contribution in [0.1, 0.15) is 18.4 Å². The Hall–Kier alpha value is -0.650. The summed E-state index contributed by atoms with van der Waals surface area (Å²) in [5.74, 6) is 0. The van der Waals surface area contributed by atoms with Gasteiger partial charge in [0.05, 0.1) is 0 Å². The minimum atomic E-state index is -0.913. The van der Waals surface area contributed by atoms with E-state index in [1.165, 1.54) is 0 Å². The summed E-state index contributed by atoms with van der Waals surface area (Å²) in [5, 5.41) is 3.77. The number of nitrogens with one attached hydrogen (secondary N) is 1. The number of benzene rings is 1. The van der Waals surface area contributed by atoms with E-state index in [9.17, 15) is 9.18 Å². The van der Waals surface area contributed by atoms with E-state index in [2.05, 4.69) is 26.0 Å². The maximum absolute atomic E-state index is 13.2. The molecule has 1 aromatic rings. The van der Waals surface area contributed by atoms with Crippen molar-refractivity contribution in [1.82, 2.24) is 5.32 Å². The zero-order valence-electron chi connectivity index (χ0n) is 11.1. The van der Waals surface area contributed by atoms with E-state index >= 15 is 0 Å². The van der Waals surface area contributed by atoms with Gasteiger partial charge in [0, 0.05) is 23.5 Å². The van der Waals surface area contributed by atoms with E-state index < -0.39 is 11.1 Å². The molecule has 0 amide bonds. The summed E-state index contributed by atoms with van der Waals surface area (Å²) in [7, 11) is 0. The fourth-order valence-electron chi connectivity index (χ4n) is 1.81. The summed E-state index contributed by atoms with van der Waals surface area (Å²) in [6.07, 6.45) is 1.32. The lowest BCUT2D eigenvalue weighted by atomic mass is 10.0. The van der Waals surface area contributed by atoms with E-state index in [0.717, 1.165) is 17.4 Å². The summed E-state index contributed by atoms with van der Waals surface area (Å²) >= 11 is 8.19. The molecule has 1 fully saturated rings. The quantitative estimate of drug-likeness (QED) is 0.646. The molecule has 0 bridgehead atoms. The molecule has 0 spiro atoms. The number of alkyl halides is 2. The second-order valence-electron chi connectivity index (χ2n) is 4.53. The van der Waals surface area contributed by atoms with Crippen molar-refractivity contribution in [2.45, 2.75) is 25.1 Å². The second kappa shape index (κ2) is 9.32. The van der Waals surface area contributed by atoms with Gasteiger partial charge < -0.3 is 10.1 Å². The third kappa shape index (κ3) is 7.22. The van der Waals surface area contributed by atoms with Gasteiger partial charge >= 0.3 is 5.43 Å². The van der Waals surface area contributed by atoms with Gasteiger partial charge in [0.2, 0.25) is 0 Å². The number of carbonyl (C=O) groups excluding carboxylic acids is 1. The highest BCUT2D eigenvalue weighted by atomic mass is 79.9. The molecule has 1 heterocycles. The van der Waals surface area contributed by atoms with Crippen LogP contribution in [0, 0.1) is 0 Å². The molecule has 1 atom stereocenters. The van der Waals surface area contributed by atoms with Gasteiger partial charge in [-0.3, -0.25) is 0 Å². The van der Waals surface area contributed by atoms with Gasteiger partial charge in [0.1, 0.15) is 12.3 Å². The van der Waals surface area contributed by atoms with Crippen LogP contribution in [0.4, 0.5) is 9.18 Å². The molecule has 0 aliphatic carbocycles. The summed E-state index contributed by atoms with van der Waals surface area (Å²) in [6, 6.07) is 9.36. The molecular weight excluding hydrogens is 349 g/mol. The van der Waals surface area contributed by atoms with E-state index in [1.54, 1.807) is 0 Å². The van der Waals surface area contributed by atoms with Crippen molar-refractivity contribution >= 4 is 33.0 Å². The highest BCUT2D eigenvalue weighted by Crippen LogP contribution is 2.24. The highest BCUT2D eigenvalue weighted by Gasteiger charge is 2.32. The van der Waals surface area contributed by atoms with Crippen LogP contribution in [-0.4, -0.2) is 29.5 Å². The molecule has 1 aliphatic heterocycles. The number of halogens is 3. The largest absolute Gasteiger partial charge is 0.449 e. The fourth-order valence-corrected chi connectivity index (χ4v) is 2.58. The zero-order valence-corrected chi connectivity index (χ0v) is 13.4. The Balaban J connectivity index is 0.000000204. The molecule has 1 aromatic carbocycles. The first-order valence-electron chi connectivity index (χ1n) is 6.37. The summed E-state index contributed by atoms with van der Waals surface area (Å²) in [4.78, 5) is 10.2. The first-order valence-corrected chi connectivity index (χ1v) is 7.87. The second-order valence-corrected chi connectivity index (χ2v) is 5.63. The standard InChI is InChI=1S/C8H7ClO2.C6H11BrFN/c9-8(10)11-6-7-4-2-1-3-5-7;7-3-1-6(8)2-4-9-5-6/h1-5H,6H2;9H,1-5H2. The number of hydrogen-bond donors (Lipinski definition) is 1. The monoisotopic (exact) mass is 365 g/mol. The van der Waals surface area contributed by atoms with Crippen molar-refractivity contribution < 1.29 is 13.9 Å². The van der Waals surface area contributed by atoms with Crippen LogP contribution in [0.3, 0.4) is 0 Å². The van der Waals surface area contributed by atoms with E-state index in [-0.39, 0.29) is 6.61 Å². The third-order valence-electron chi connectivity index (χ3n) is 2.93. The average molecular weight is 367 g/mol. The molecular formula is C14H18BrClFNO2. The van der Waals surface area contributed by atoms with Crippen LogP contribution in [0.5, 0.6) is 0 Å². The van der Waals surface area contributed by atoms with Gasteiger partial charge in [0.15, 0.2) is 0 Å². The predicted molar refractivity (Wildman–Crippen MR) is 82.2 cm³/mol. The van der Waals surface area contributed by atoms with Gasteiger partial charge in [-0.15, -0.1) is 0 Å². The van der Waals surface area contributed by atoms with E-state index in [4.69, 9.17) is 11.6 Å². The Morgan fingerprint density at radius 1 is 1.45 bits per heavy atom. The predicted octanol–water partition coefficient (Wildman–Crippen LogP) is 4.04. The maximum atomic E-state index is 13.2. The molecule has 1 unspecified atom stereocenters. The molecule has 20 heavy (non-hydrogen) atoms. The van der Waals surface area contributed by atoms with Crippen molar-refractivity contribution in [3.05, 3.63) is 35.9 Å². The Kier molecular flexibility index (Phi) is 8.11. The highest BCUT2D eigenvalue weighted by molar-refractivity contribution is 9.09. The van der Waals surface area contributed by atoms with Crippen molar-refractivity contribution in [2.75, 3.05) is 18.4 Å². The molecule has 112 valence electrons. The molecule has 1 N–H and O–H groups in total. The van der Waals surface area contributed by atoms with Gasteiger partial charge in [-0.25, -0.2) is 9.18 Å². The van der Waals surface area contributed by atoms with Crippen LogP contribution in [0.15, 0.2) is 30.3 Å². The van der Waals surface area contributed by atoms with E-state index in [0.29, 0.717) is 19.4 Å². The Labute approximate surface area is 132 Å². The van der Waals surface area contributed by atoms with Crippen LogP contribution < -0.4 is 5.32 Å². The summed E-state index contributed by atoms with van der Waals surface area (Å²) < 4.78 is 17.8. The first-order chi connectivity index (χ1) is 9.56. The van der Waals surface area contributed by atoms with Gasteiger partial charge in [0.25, 0.3) is 0 Å². The number of ether oxygens (including phenoxy) is 1. The summed E-state index contributed by atoms with van der Waals surface area (Å²) in [6.45, 7) is 1.62. The van der Waals surface area contributed by atoms with Crippen LogP contribution in [0.25, 0.3) is 0 Å². The van der Waals surface area contributed by atoms with Crippen molar-refractivity contribution in [1.29, 1.82) is 0 Å². The van der Waals surface area contributed by atoms with Crippen molar-refractivity contribution in [3.63, 3.8) is 0 Å². The SMILES string of the molecule is FC1(CCBr)CCNC1.O=C(Cl)OCc1ccccc1. The van der Waals surface area contributed by atoms with Crippen LogP contribution >= 0.6 is 27.5 Å². The topological polar surface area (TPSA) is 38.3 Å². The minimum absolute atomic E-state index is 0.239. The first kappa shape index (κ1) is 17.4. The fraction of sp³-hybridized carbons (Fsp3) is 0.500. The lowest BCUT2D eigenvalue weighted by molar-refractivity contribution is 0.167. The van der Waals surface area contributed by atoms with Gasteiger partial charge in [-0.05, 0) is 24.9 Å². The third-order valence-corrected chi connectivity index (χ3v) is 3.43. The smallest absolute Gasteiger partial charge is 0.404 e. The Bertz CT molecular complexity index is 399. The van der Waals surface area contributed by atoms with Crippen molar-refractivity contribution in [3.8, 4) is 0 Å². The molecule has 0 aromatic heterocycles. The lowest BCUT2D eigenvalue weighted by Gasteiger charge is -2.15. The van der Waals surface area contributed by atoms with Crippen LogP contribution in [-0.2, 0) is 11.3 Å². The minimum Gasteiger partial charge on any atom is -0.449 e. The van der Waals surface area contributed by atoms with Gasteiger partial charge in [-0.1, -0.05) is 46.3 Å². The molecule has 1 saturated heterocycles. The zero-order chi connectivity index (χ0) is 14.8. The Morgan fingerprint density at radius 2 is 2.15 bits per heavy atom. The van der Waals surface area contributed by atoms with Gasteiger partial charge in [-0.2, -0.15) is 0 Å². The van der Waals surface area contributed by atoms with Crippen molar-refractivity contribution in [2.24, 2.45) is 0 Å². The molecule has 6 heteroatoms. The normalized spacial score (nSPS) is 20.9. The molecule has 1 aliphatic rings. The molecule has 3 nitrogen and oxygen atoms in total. The summed E-state index contributed by atoms with van der Waals surface area (Å²) in [5.41, 5.74) is -0.751. The van der Waals surface area contributed by atoms with Crippen LogP contribution in [0.2, 0.25) is 0 Å². The molecule has 0 saturated carbocycles. The molecule has 2 rings (SSSR count). The molecule has 0 radical (unpaired) electrons. The number of hydrogen-bond acceptors (Lipinski definition) is 3. The average Bonchev–Trinajstić information content (AvgIpc) is 2.85. The number of rotatable bonds is 4. The Morgan fingerprint density at radius 3 is 2.65 bits per heavy atom. The number of carbonyl (C=O) groups is 1.